The zero-order valence-electron chi connectivity index (χ0n) is 15.4. The molecule has 0 unspecified atom stereocenters. The summed E-state index contributed by atoms with van der Waals surface area (Å²) in [5.41, 5.74) is 1.08. The van der Waals surface area contributed by atoms with E-state index in [1.54, 1.807) is 0 Å². The second-order valence-corrected chi connectivity index (χ2v) is 6.77. The number of piperazine rings is 1. The molecule has 2 fully saturated rings. The molecule has 0 radical (unpaired) electrons. The van der Waals surface area contributed by atoms with E-state index in [4.69, 9.17) is 4.74 Å². The Balaban J connectivity index is 1.45. The molecule has 8 nitrogen and oxygen atoms in total. The van der Waals surface area contributed by atoms with Crippen LogP contribution in [0.1, 0.15) is 11.4 Å². The molecule has 4 rings (SSSR count). The Labute approximate surface area is 153 Å². The smallest absolute Gasteiger partial charge is 0.225 e. The third-order valence-corrected chi connectivity index (χ3v) is 4.80. The van der Waals surface area contributed by atoms with Gasteiger partial charge in [-0.15, -0.1) is 0 Å². The van der Waals surface area contributed by atoms with Crippen LogP contribution in [-0.2, 0) is 4.74 Å². The summed E-state index contributed by atoms with van der Waals surface area (Å²) < 4.78 is 5.45. The number of hydrogen-bond acceptors (Lipinski definition) is 8. The Bertz CT molecular complexity index is 738. The molecule has 0 spiro atoms. The number of anilines is 3. The predicted octanol–water partition coefficient (Wildman–Crippen LogP) is 1.05. The van der Waals surface area contributed by atoms with Gasteiger partial charge < -0.3 is 19.4 Å². The van der Waals surface area contributed by atoms with Crippen LogP contribution in [0.4, 0.5) is 17.6 Å². The van der Waals surface area contributed by atoms with Crippen LogP contribution in [0, 0.1) is 13.8 Å². The molecule has 4 heterocycles. The van der Waals surface area contributed by atoms with E-state index >= 15 is 0 Å². The van der Waals surface area contributed by atoms with Crippen molar-refractivity contribution in [1.82, 2.24) is 19.9 Å². The first kappa shape index (κ1) is 17.0. The van der Waals surface area contributed by atoms with Crippen molar-refractivity contribution >= 4 is 17.6 Å². The summed E-state index contributed by atoms with van der Waals surface area (Å²) in [5, 5.41) is 0. The highest BCUT2D eigenvalue weighted by atomic mass is 16.5. The quantitative estimate of drug-likeness (QED) is 0.809. The Morgan fingerprint density at radius 3 is 1.92 bits per heavy atom. The second kappa shape index (κ2) is 7.41. The van der Waals surface area contributed by atoms with Gasteiger partial charge in [-0.25, -0.2) is 19.9 Å². The van der Waals surface area contributed by atoms with E-state index < -0.39 is 0 Å². The fourth-order valence-corrected chi connectivity index (χ4v) is 3.34. The van der Waals surface area contributed by atoms with Gasteiger partial charge in [0.25, 0.3) is 0 Å². The topological polar surface area (TPSA) is 70.5 Å². The molecule has 0 saturated carbocycles. The van der Waals surface area contributed by atoms with Crippen LogP contribution in [0.3, 0.4) is 0 Å². The molecular weight excluding hydrogens is 330 g/mol. The zero-order valence-corrected chi connectivity index (χ0v) is 15.4. The molecular formula is C18H25N7O. The fraction of sp³-hybridized carbons (Fsp3) is 0.556. The van der Waals surface area contributed by atoms with Crippen molar-refractivity contribution < 1.29 is 4.74 Å². The van der Waals surface area contributed by atoms with E-state index in [0.717, 1.165) is 81.5 Å². The van der Waals surface area contributed by atoms with Gasteiger partial charge in [-0.05, 0) is 19.4 Å². The Morgan fingerprint density at radius 1 is 0.769 bits per heavy atom. The van der Waals surface area contributed by atoms with Crippen molar-refractivity contribution in [2.45, 2.75) is 13.8 Å². The molecule has 0 bridgehead atoms. The maximum atomic E-state index is 5.45. The van der Waals surface area contributed by atoms with Crippen molar-refractivity contribution in [3.63, 3.8) is 0 Å². The Kier molecular flexibility index (Phi) is 4.83. The van der Waals surface area contributed by atoms with E-state index in [1.807, 2.05) is 26.2 Å². The molecule has 138 valence electrons. The molecule has 2 aromatic rings. The summed E-state index contributed by atoms with van der Waals surface area (Å²) in [5.74, 6) is 3.62. The average Bonchev–Trinajstić information content (AvgIpc) is 2.69. The van der Waals surface area contributed by atoms with Crippen LogP contribution >= 0.6 is 0 Å². The lowest BCUT2D eigenvalue weighted by Crippen LogP contribution is -2.47. The van der Waals surface area contributed by atoms with Crippen molar-refractivity contribution in [2.24, 2.45) is 0 Å². The summed E-state index contributed by atoms with van der Waals surface area (Å²) in [6.07, 6.45) is 3.74. The summed E-state index contributed by atoms with van der Waals surface area (Å²) in [4.78, 5) is 25.0. The molecule has 2 aliphatic rings. The van der Waals surface area contributed by atoms with Crippen molar-refractivity contribution in [3.05, 3.63) is 29.8 Å². The normalized spacial score (nSPS) is 18.3. The number of ether oxygens (including phenoxy) is 1. The van der Waals surface area contributed by atoms with E-state index in [0.29, 0.717) is 0 Å². The SMILES string of the molecule is Cc1cnc(N2CCN(c3cc(N4CCOCC4)nc(C)n3)CC2)nc1. The van der Waals surface area contributed by atoms with Gasteiger partial charge in [0.1, 0.15) is 17.5 Å². The van der Waals surface area contributed by atoms with Gasteiger partial charge in [-0.1, -0.05) is 0 Å². The largest absolute Gasteiger partial charge is 0.378 e. The minimum absolute atomic E-state index is 0.758. The number of nitrogens with zero attached hydrogens (tertiary/aromatic N) is 7. The first-order valence-electron chi connectivity index (χ1n) is 9.16. The molecule has 0 atom stereocenters. The highest BCUT2D eigenvalue weighted by Gasteiger charge is 2.22. The first-order valence-corrected chi connectivity index (χ1v) is 9.16. The Hall–Kier alpha value is -2.48. The van der Waals surface area contributed by atoms with Crippen molar-refractivity contribution in [1.29, 1.82) is 0 Å². The van der Waals surface area contributed by atoms with E-state index in [2.05, 4.69) is 40.7 Å². The van der Waals surface area contributed by atoms with Crippen LogP contribution in [0.15, 0.2) is 18.5 Å². The van der Waals surface area contributed by atoms with E-state index in [1.165, 1.54) is 0 Å². The van der Waals surface area contributed by atoms with Gasteiger partial charge in [0.05, 0.1) is 13.2 Å². The predicted molar refractivity (Wildman–Crippen MR) is 101 cm³/mol. The number of hydrogen-bond donors (Lipinski definition) is 0. The molecule has 2 saturated heterocycles. The van der Waals surface area contributed by atoms with Gasteiger partial charge in [0.15, 0.2) is 0 Å². The molecule has 2 aliphatic heterocycles. The minimum atomic E-state index is 0.758. The zero-order chi connectivity index (χ0) is 17.9. The maximum absolute atomic E-state index is 5.45. The highest BCUT2D eigenvalue weighted by Crippen LogP contribution is 2.22. The van der Waals surface area contributed by atoms with E-state index in [9.17, 15) is 0 Å². The van der Waals surface area contributed by atoms with Crippen molar-refractivity contribution in [3.8, 4) is 0 Å². The monoisotopic (exact) mass is 355 g/mol. The number of aromatic nitrogens is 4. The molecule has 0 amide bonds. The third-order valence-electron chi connectivity index (χ3n) is 4.80. The van der Waals surface area contributed by atoms with Gasteiger partial charge in [-0.3, -0.25) is 0 Å². The van der Waals surface area contributed by atoms with Crippen LogP contribution in [0.25, 0.3) is 0 Å². The average molecular weight is 355 g/mol. The lowest BCUT2D eigenvalue weighted by atomic mass is 10.3. The lowest BCUT2D eigenvalue weighted by molar-refractivity contribution is 0.122. The summed E-state index contributed by atoms with van der Waals surface area (Å²) in [6.45, 7) is 10.8. The van der Waals surface area contributed by atoms with Crippen LogP contribution < -0.4 is 14.7 Å². The number of morpholine rings is 1. The Morgan fingerprint density at radius 2 is 1.31 bits per heavy atom. The van der Waals surface area contributed by atoms with Gasteiger partial charge in [-0.2, -0.15) is 0 Å². The van der Waals surface area contributed by atoms with Crippen LogP contribution in [-0.4, -0.2) is 72.4 Å². The van der Waals surface area contributed by atoms with Crippen LogP contribution in [0.2, 0.25) is 0 Å². The summed E-state index contributed by atoms with van der Waals surface area (Å²) >= 11 is 0. The molecule has 0 aromatic carbocycles. The fourth-order valence-electron chi connectivity index (χ4n) is 3.34. The summed E-state index contributed by atoms with van der Waals surface area (Å²) in [7, 11) is 0. The highest BCUT2D eigenvalue weighted by molar-refractivity contribution is 5.52. The first-order chi connectivity index (χ1) is 12.7. The third kappa shape index (κ3) is 3.70. The molecule has 0 N–H and O–H groups in total. The number of rotatable bonds is 3. The van der Waals surface area contributed by atoms with Gasteiger partial charge in [0, 0.05) is 57.7 Å². The van der Waals surface area contributed by atoms with Crippen molar-refractivity contribution in [2.75, 3.05) is 67.2 Å². The number of aryl methyl sites for hydroxylation is 2. The molecule has 8 heteroatoms. The second-order valence-electron chi connectivity index (χ2n) is 6.77. The molecule has 0 aliphatic carbocycles. The molecule has 26 heavy (non-hydrogen) atoms. The van der Waals surface area contributed by atoms with Crippen LogP contribution in [0.5, 0.6) is 0 Å². The standard InChI is InChI=1S/C18H25N7O/c1-14-12-19-18(20-13-14)25-5-3-23(4-6-25)16-11-17(22-15(2)21-16)24-7-9-26-10-8-24/h11-13H,3-10H2,1-2H3. The maximum Gasteiger partial charge on any atom is 0.225 e. The van der Waals surface area contributed by atoms with Gasteiger partial charge >= 0.3 is 0 Å². The summed E-state index contributed by atoms with van der Waals surface area (Å²) in [6, 6.07) is 2.11. The van der Waals surface area contributed by atoms with E-state index in [-0.39, 0.29) is 0 Å². The minimum Gasteiger partial charge on any atom is -0.378 e. The lowest BCUT2D eigenvalue weighted by Gasteiger charge is -2.36. The molecule has 2 aromatic heterocycles. The van der Waals surface area contributed by atoms with Gasteiger partial charge in [0.2, 0.25) is 5.95 Å².